The lowest BCUT2D eigenvalue weighted by molar-refractivity contribution is -0.142. The Bertz CT molecular complexity index is 1040. The topological polar surface area (TPSA) is 95.0 Å². The van der Waals surface area contributed by atoms with Gasteiger partial charge in [0, 0.05) is 25.6 Å². The normalized spacial score (nSPS) is 20.5. The van der Waals surface area contributed by atoms with Gasteiger partial charge < -0.3 is 10.0 Å². The quantitative estimate of drug-likeness (QED) is 0.514. The lowest BCUT2D eigenvalue weighted by Crippen LogP contribution is -2.41. The molecule has 3 aliphatic rings. The standard InChI is InChI=1S/C25H30N2O5/c1-25(2)23(31)27(24(32)26(25)3)11-10-17(22(29)30)14-21(28)16-8-9-20-18(13-16)12-15-6-4-5-7-19(15)20/h8-9,13,17H,4-7,10-12,14H2,1-3H3,(H,29,30). The van der Waals surface area contributed by atoms with Crippen molar-refractivity contribution in [1.82, 2.24) is 9.80 Å². The molecule has 7 heteroatoms. The van der Waals surface area contributed by atoms with Crippen molar-refractivity contribution >= 4 is 29.3 Å². The Kier molecular flexibility index (Phi) is 5.69. The van der Waals surface area contributed by atoms with Gasteiger partial charge in [-0.1, -0.05) is 17.7 Å². The maximum Gasteiger partial charge on any atom is 0.327 e. The highest BCUT2D eigenvalue weighted by Crippen LogP contribution is 2.41. The van der Waals surface area contributed by atoms with Gasteiger partial charge in [0.1, 0.15) is 5.54 Å². The van der Waals surface area contributed by atoms with Gasteiger partial charge in [-0.3, -0.25) is 19.3 Å². The average Bonchev–Trinajstić information content (AvgIpc) is 3.20. The molecule has 1 aromatic carbocycles. The van der Waals surface area contributed by atoms with Gasteiger partial charge in [-0.2, -0.15) is 0 Å². The molecule has 3 amide bonds. The third-order valence-electron chi connectivity index (χ3n) is 7.35. The lowest BCUT2D eigenvalue weighted by atomic mass is 9.91. The van der Waals surface area contributed by atoms with Crippen molar-refractivity contribution in [2.45, 2.75) is 64.3 Å². The third-order valence-corrected chi connectivity index (χ3v) is 7.35. The van der Waals surface area contributed by atoms with E-state index in [1.807, 2.05) is 12.1 Å². The van der Waals surface area contributed by atoms with Crippen molar-refractivity contribution in [2.24, 2.45) is 5.92 Å². The molecule has 0 radical (unpaired) electrons. The van der Waals surface area contributed by atoms with Crippen molar-refractivity contribution < 1.29 is 24.3 Å². The fourth-order valence-electron chi connectivity index (χ4n) is 5.04. The second kappa shape index (κ2) is 8.19. The molecule has 0 bridgehead atoms. The first-order chi connectivity index (χ1) is 15.1. The number of carboxylic acid groups (broad SMARTS) is 1. The van der Waals surface area contributed by atoms with Crippen molar-refractivity contribution in [2.75, 3.05) is 13.6 Å². The van der Waals surface area contributed by atoms with Gasteiger partial charge in [0.15, 0.2) is 5.78 Å². The minimum atomic E-state index is -1.09. The van der Waals surface area contributed by atoms with E-state index >= 15 is 0 Å². The van der Waals surface area contributed by atoms with E-state index in [1.54, 1.807) is 27.0 Å². The van der Waals surface area contributed by atoms with Crippen LogP contribution in [0.25, 0.3) is 5.57 Å². The predicted octanol–water partition coefficient (Wildman–Crippen LogP) is 3.91. The fraction of sp³-hybridized carbons (Fsp3) is 0.520. The maximum absolute atomic E-state index is 12.9. The first-order valence-corrected chi connectivity index (χ1v) is 11.3. The fourth-order valence-corrected chi connectivity index (χ4v) is 5.04. The van der Waals surface area contributed by atoms with Crippen molar-refractivity contribution in [3.63, 3.8) is 0 Å². The average molecular weight is 439 g/mol. The van der Waals surface area contributed by atoms with Crippen LogP contribution in [0.3, 0.4) is 0 Å². The van der Waals surface area contributed by atoms with E-state index < -0.39 is 23.5 Å². The number of aliphatic carboxylic acids is 1. The number of hydrogen-bond acceptors (Lipinski definition) is 4. The smallest absolute Gasteiger partial charge is 0.327 e. The van der Waals surface area contributed by atoms with Crippen molar-refractivity contribution in [1.29, 1.82) is 0 Å². The Labute approximate surface area is 188 Å². The summed E-state index contributed by atoms with van der Waals surface area (Å²) < 4.78 is 0. The number of urea groups is 1. The molecule has 32 heavy (non-hydrogen) atoms. The van der Waals surface area contributed by atoms with Crippen LogP contribution in [0.2, 0.25) is 0 Å². The zero-order chi connectivity index (χ0) is 23.2. The number of nitrogens with zero attached hydrogens (tertiary/aromatic N) is 2. The largest absolute Gasteiger partial charge is 0.481 e. The number of allylic oxidation sites excluding steroid dienone is 2. The number of benzene rings is 1. The second-order valence-electron chi connectivity index (χ2n) is 9.65. The molecule has 1 N–H and O–H groups in total. The molecule has 7 nitrogen and oxygen atoms in total. The van der Waals surface area contributed by atoms with Crippen LogP contribution in [0, 0.1) is 5.92 Å². The summed E-state index contributed by atoms with van der Waals surface area (Å²) >= 11 is 0. The highest BCUT2D eigenvalue weighted by atomic mass is 16.4. The summed E-state index contributed by atoms with van der Waals surface area (Å²) in [5.41, 5.74) is 4.89. The van der Waals surface area contributed by atoms with Crippen LogP contribution < -0.4 is 0 Å². The number of carbonyl (C=O) groups is 4. The van der Waals surface area contributed by atoms with Gasteiger partial charge in [0.05, 0.1) is 5.92 Å². The highest BCUT2D eigenvalue weighted by Gasteiger charge is 2.49. The van der Waals surface area contributed by atoms with Crippen LogP contribution >= 0.6 is 0 Å². The second-order valence-corrected chi connectivity index (χ2v) is 9.65. The number of fused-ring (bicyclic) bond motifs is 2. The number of hydrogen-bond donors (Lipinski definition) is 1. The molecule has 1 aliphatic heterocycles. The molecule has 1 saturated heterocycles. The molecular weight excluding hydrogens is 408 g/mol. The van der Waals surface area contributed by atoms with Crippen LogP contribution in [0.5, 0.6) is 0 Å². The minimum absolute atomic E-state index is 0.0174. The van der Waals surface area contributed by atoms with E-state index in [2.05, 4.69) is 0 Å². The van der Waals surface area contributed by atoms with Crippen LogP contribution in [0.4, 0.5) is 4.79 Å². The van der Waals surface area contributed by atoms with Crippen molar-refractivity contribution in [3.8, 4) is 0 Å². The van der Waals surface area contributed by atoms with E-state index in [4.69, 9.17) is 0 Å². The molecule has 1 unspecified atom stereocenters. The van der Waals surface area contributed by atoms with Crippen LogP contribution in [-0.2, 0) is 16.0 Å². The van der Waals surface area contributed by atoms with Gasteiger partial charge in [0.2, 0.25) is 0 Å². The lowest BCUT2D eigenvalue weighted by Gasteiger charge is -2.22. The molecule has 170 valence electrons. The van der Waals surface area contributed by atoms with E-state index in [-0.39, 0.29) is 31.1 Å². The number of imide groups is 1. The number of amides is 3. The summed E-state index contributed by atoms with van der Waals surface area (Å²) in [6, 6.07) is 5.28. The van der Waals surface area contributed by atoms with E-state index in [9.17, 15) is 24.3 Å². The Morgan fingerprint density at radius 1 is 1.16 bits per heavy atom. The molecule has 1 fully saturated rings. The molecular formula is C25H30N2O5. The molecule has 2 aliphatic carbocycles. The molecule has 0 saturated carbocycles. The summed E-state index contributed by atoms with van der Waals surface area (Å²) in [4.78, 5) is 52.1. The predicted molar refractivity (Wildman–Crippen MR) is 119 cm³/mol. The number of Topliss-reactive ketones (excluding diaryl/α,β-unsaturated/α-hetero) is 1. The molecule has 1 heterocycles. The third kappa shape index (κ3) is 3.74. The monoisotopic (exact) mass is 438 g/mol. The van der Waals surface area contributed by atoms with Gasteiger partial charge in [-0.05, 0) is 75.1 Å². The summed E-state index contributed by atoms with van der Waals surface area (Å²) in [6.45, 7) is 3.30. The van der Waals surface area contributed by atoms with Gasteiger partial charge in [-0.25, -0.2) is 4.79 Å². The number of carbonyl (C=O) groups excluding carboxylic acids is 3. The molecule has 0 spiro atoms. The Morgan fingerprint density at radius 3 is 2.53 bits per heavy atom. The highest BCUT2D eigenvalue weighted by molar-refractivity contribution is 6.06. The van der Waals surface area contributed by atoms with E-state index in [0.717, 1.165) is 29.7 Å². The Hall–Kier alpha value is -2.96. The number of ketones is 1. The zero-order valence-electron chi connectivity index (χ0n) is 18.9. The minimum Gasteiger partial charge on any atom is -0.481 e. The van der Waals surface area contributed by atoms with Gasteiger partial charge in [-0.15, -0.1) is 0 Å². The SMILES string of the molecule is CN1C(=O)N(CCC(CC(=O)c2ccc3c(c2)CC2=C3CCCC2)C(=O)O)C(=O)C1(C)C. The molecule has 1 atom stereocenters. The van der Waals surface area contributed by atoms with Crippen LogP contribution in [0.1, 0.15) is 73.9 Å². The molecule has 1 aromatic rings. The van der Waals surface area contributed by atoms with Crippen LogP contribution in [0.15, 0.2) is 23.8 Å². The molecule has 0 aromatic heterocycles. The van der Waals surface area contributed by atoms with Gasteiger partial charge >= 0.3 is 12.0 Å². The number of likely N-dealkylation sites (N-methyl/N-ethyl adjacent to an activating group) is 1. The first-order valence-electron chi connectivity index (χ1n) is 11.3. The first kappa shape index (κ1) is 22.2. The summed E-state index contributed by atoms with van der Waals surface area (Å²) in [5, 5.41) is 9.67. The summed E-state index contributed by atoms with van der Waals surface area (Å²) in [7, 11) is 1.55. The van der Waals surface area contributed by atoms with Crippen LogP contribution in [-0.4, -0.2) is 57.7 Å². The maximum atomic E-state index is 12.9. The van der Waals surface area contributed by atoms with Gasteiger partial charge in [0.25, 0.3) is 5.91 Å². The van der Waals surface area contributed by atoms with E-state index in [1.165, 1.54) is 34.5 Å². The Morgan fingerprint density at radius 2 is 1.88 bits per heavy atom. The van der Waals surface area contributed by atoms with Crippen molar-refractivity contribution in [3.05, 3.63) is 40.5 Å². The molecule has 4 rings (SSSR count). The summed E-state index contributed by atoms with van der Waals surface area (Å²) in [5.74, 6) is -2.63. The van der Waals surface area contributed by atoms with E-state index in [0.29, 0.717) is 5.56 Å². The number of carboxylic acids is 1. The number of rotatable bonds is 7. The summed E-state index contributed by atoms with van der Waals surface area (Å²) in [6.07, 6.45) is 5.41. The Balaban J connectivity index is 1.42. The zero-order valence-corrected chi connectivity index (χ0v) is 18.9.